The number of carboxylic acid groups (broad SMARTS) is 1. The van der Waals surface area contributed by atoms with Crippen LogP contribution in [0.15, 0.2) is 30.3 Å². The average molecular weight is 380 g/mol. The van der Waals surface area contributed by atoms with Crippen molar-refractivity contribution in [3.05, 3.63) is 35.4 Å². The van der Waals surface area contributed by atoms with E-state index in [1.807, 2.05) is 18.2 Å². The summed E-state index contributed by atoms with van der Waals surface area (Å²) in [5, 5.41) is 12.5. The second kappa shape index (κ2) is 6.74. The molecule has 8 nitrogen and oxygen atoms in total. The summed E-state index contributed by atoms with van der Waals surface area (Å²) in [6.07, 6.45) is 0.974. The predicted octanol–water partition coefficient (Wildman–Crippen LogP) is 0.146. The number of carboxylic acids is 1. The van der Waals surface area contributed by atoms with E-state index in [9.17, 15) is 19.5 Å². The molecule has 2 saturated heterocycles. The maximum Gasteiger partial charge on any atom is 0.351 e. The Balaban J connectivity index is 1.83. The van der Waals surface area contributed by atoms with Crippen LogP contribution < -0.4 is 10.2 Å². The lowest BCUT2D eigenvalue weighted by molar-refractivity contribution is -0.148. The first-order valence-corrected chi connectivity index (χ1v) is 8.43. The highest BCUT2D eigenvalue weighted by Crippen LogP contribution is 2.52. The van der Waals surface area contributed by atoms with Crippen molar-refractivity contribution in [3.63, 3.8) is 0 Å². The molecule has 1 amide bonds. The van der Waals surface area contributed by atoms with Gasteiger partial charge in [0.2, 0.25) is 5.72 Å². The minimum absolute atomic E-state index is 0.384. The number of carbonyl (C=O) groups excluding carboxylic acids is 2. The Labute approximate surface area is 155 Å². The maximum absolute atomic E-state index is 12.2. The van der Waals surface area contributed by atoms with Crippen molar-refractivity contribution in [2.24, 2.45) is 0 Å². The van der Waals surface area contributed by atoms with Crippen LogP contribution in [0.4, 0.5) is 5.69 Å². The number of nitrogens with zero attached hydrogens (tertiary/aromatic N) is 2. The first-order chi connectivity index (χ1) is 12.4. The highest BCUT2D eigenvalue weighted by atomic mass is 35.5. The Kier molecular flexibility index (Phi) is 4.77. The number of likely N-dealkylation sites (N-methyl/N-ethyl adjacent to an activating group) is 1. The van der Waals surface area contributed by atoms with Crippen LogP contribution in [0, 0.1) is 0 Å². The summed E-state index contributed by atoms with van der Waals surface area (Å²) in [5.41, 5.74) is -2.90. The van der Waals surface area contributed by atoms with Crippen LogP contribution >= 0.6 is 11.6 Å². The number of hydrogen-bond donors (Lipinski definition) is 2. The van der Waals surface area contributed by atoms with Crippen LogP contribution in [-0.2, 0) is 19.1 Å². The number of benzene rings is 1. The van der Waals surface area contributed by atoms with Crippen molar-refractivity contribution in [2.75, 3.05) is 38.1 Å². The summed E-state index contributed by atoms with van der Waals surface area (Å²) in [6, 6.07) is 7.42. The molecule has 3 rings (SSSR count). The smallest absolute Gasteiger partial charge is 0.351 e. The van der Waals surface area contributed by atoms with E-state index >= 15 is 0 Å². The molecular weight excluding hydrogens is 362 g/mol. The zero-order valence-corrected chi connectivity index (χ0v) is 14.8. The number of anilines is 1. The lowest BCUT2D eigenvalue weighted by Gasteiger charge is -2.38. The van der Waals surface area contributed by atoms with Gasteiger partial charge in [-0.2, -0.15) is 0 Å². The number of hydrogen-bond acceptors (Lipinski definition) is 6. The first-order valence-electron chi connectivity index (χ1n) is 8.05. The van der Waals surface area contributed by atoms with Crippen LogP contribution in [-0.4, -0.2) is 72.4 Å². The number of amides is 1. The van der Waals surface area contributed by atoms with Gasteiger partial charge in [-0.15, -0.1) is 0 Å². The number of para-hydroxylation sites is 1. The molecule has 0 radical (unpaired) electrons. The Hall–Kier alpha value is -2.38. The molecule has 2 aliphatic rings. The second-order valence-corrected chi connectivity index (χ2v) is 6.46. The van der Waals surface area contributed by atoms with E-state index in [0.717, 1.165) is 11.8 Å². The topological polar surface area (TPSA) is 102 Å². The third-order valence-corrected chi connectivity index (χ3v) is 5.14. The molecule has 1 aromatic carbocycles. The zero-order chi connectivity index (χ0) is 18.9. The number of nitrogens with one attached hydrogen (secondary N) is 1. The summed E-state index contributed by atoms with van der Waals surface area (Å²) < 4.78 is 5.40. The monoisotopic (exact) mass is 379 g/mol. The van der Waals surface area contributed by atoms with Crippen molar-refractivity contribution < 1.29 is 24.2 Å². The first kappa shape index (κ1) is 18.4. The minimum atomic E-state index is -2.15. The van der Waals surface area contributed by atoms with Gasteiger partial charge in [0, 0.05) is 33.2 Å². The Morgan fingerprint density at radius 3 is 2.50 bits per heavy atom. The number of rotatable bonds is 5. The Morgan fingerprint density at radius 1 is 1.31 bits per heavy atom. The fourth-order valence-electron chi connectivity index (χ4n) is 3.46. The molecule has 0 aliphatic carbocycles. The van der Waals surface area contributed by atoms with Gasteiger partial charge in [-0.1, -0.05) is 23.7 Å². The number of epoxide rings is 1. The fourth-order valence-corrected chi connectivity index (χ4v) is 3.72. The molecule has 2 N–H and O–H groups in total. The lowest BCUT2D eigenvalue weighted by Crippen LogP contribution is -2.58. The van der Waals surface area contributed by atoms with E-state index in [1.165, 1.54) is 7.05 Å². The molecule has 2 unspecified atom stereocenters. The van der Waals surface area contributed by atoms with Gasteiger partial charge >= 0.3 is 5.97 Å². The van der Waals surface area contributed by atoms with E-state index in [2.05, 4.69) is 10.2 Å². The number of ether oxygens (including phenoxy) is 1. The average Bonchev–Trinajstić information content (AvgIpc) is 3.33. The molecule has 2 atom stereocenters. The minimum Gasteiger partial charge on any atom is -0.479 e. The van der Waals surface area contributed by atoms with Crippen LogP contribution in [0.5, 0.6) is 0 Å². The number of carbonyl (C=O) groups is 2. The van der Waals surface area contributed by atoms with E-state index in [4.69, 9.17) is 16.3 Å². The van der Waals surface area contributed by atoms with Gasteiger partial charge in [-0.25, -0.2) is 9.59 Å². The van der Waals surface area contributed by atoms with Gasteiger partial charge in [0.1, 0.15) is 5.94 Å². The molecule has 26 heavy (non-hydrogen) atoms. The fraction of sp³-hybridized carbons (Fsp3) is 0.412. The van der Waals surface area contributed by atoms with Crippen molar-refractivity contribution in [1.29, 1.82) is 0 Å². The molecule has 2 heterocycles. The van der Waals surface area contributed by atoms with E-state index in [-0.39, 0.29) is 0 Å². The lowest BCUT2D eigenvalue weighted by atomic mass is 9.96. The van der Waals surface area contributed by atoms with Crippen molar-refractivity contribution in [3.8, 4) is 0 Å². The summed E-state index contributed by atoms with van der Waals surface area (Å²) in [4.78, 5) is 38.7. The van der Waals surface area contributed by atoms with Gasteiger partial charge in [0.15, 0.2) is 0 Å². The van der Waals surface area contributed by atoms with E-state index in [0.29, 0.717) is 31.2 Å². The van der Waals surface area contributed by atoms with Gasteiger partial charge in [-0.05, 0) is 12.1 Å². The predicted molar refractivity (Wildman–Crippen MR) is 93.8 cm³/mol. The Bertz CT molecular complexity index is 788. The van der Waals surface area contributed by atoms with Crippen LogP contribution in [0.1, 0.15) is 0 Å². The van der Waals surface area contributed by atoms with Gasteiger partial charge in [-0.3, -0.25) is 9.69 Å². The van der Waals surface area contributed by atoms with Gasteiger partial charge in [0.25, 0.3) is 11.5 Å². The third-order valence-electron chi connectivity index (χ3n) is 4.82. The number of piperazine rings is 1. The van der Waals surface area contributed by atoms with E-state index in [1.54, 1.807) is 16.9 Å². The molecule has 2 fully saturated rings. The van der Waals surface area contributed by atoms with Crippen molar-refractivity contribution in [1.82, 2.24) is 10.2 Å². The highest BCUT2D eigenvalue weighted by molar-refractivity contribution is 6.33. The SMILES string of the molecule is CNC(=O)C1(C(=O)O)OC1(C=C=O)N1CCN(c2ccccc2Cl)CC1. The van der Waals surface area contributed by atoms with Crippen LogP contribution in [0.25, 0.3) is 0 Å². The number of aliphatic carboxylic acids is 1. The van der Waals surface area contributed by atoms with E-state index < -0.39 is 23.2 Å². The van der Waals surface area contributed by atoms with Crippen molar-refractivity contribution >= 4 is 35.1 Å². The molecule has 0 spiro atoms. The molecule has 1 aromatic rings. The molecular formula is C17H18ClN3O5. The summed E-state index contributed by atoms with van der Waals surface area (Å²) in [5.74, 6) is -0.673. The molecule has 0 bridgehead atoms. The second-order valence-electron chi connectivity index (χ2n) is 6.05. The standard InChI is InChI=1S/C17H18ClN3O5/c1-19-14(23)17(15(24)25)16(26-17,6-11-22)21-9-7-20(8-10-21)13-5-3-2-4-12(13)18/h2-6H,7-10H2,1H3,(H,19,23)(H,24,25). The quantitative estimate of drug-likeness (QED) is 0.426. The van der Waals surface area contributed by atoms with Crippen LogP contribution in [0.2, 0.25) is 5.02 Å². The third kappa shape index (κ3) is 2.59. The van der Waals surface area contributed by atoms with Crippen LogP contribution in [0.3, 0.4) is 0 Å². The maximum atomic E-state index is 12.2. The van der Waals surface area contributed by atoms with Gasteiger partial charge in [0.05, 0.1) is 16.8 Å². The molecule has 0 aromatic heterocycles. The largest absolute Gasteiger partial charge is 0.479 e. The molecule has 9 heteroatoms. The van der Waals surface area contributed by atoms with Crippen molar-refractivity contribution in [2.45, 2.75) is 11.3 Å². The number of halogens is 1. The summed E-state index contributed by atoms with van der Waals surface area (Å²) in [6.45, 7) is 1.83. The highest BCUT2D eigenvalue weighted by Gasteiger charge is 2.82. The molecule has 138 valence electrons. The Morgan fingerprint density at radius 2 is 1.96 bits per heavy atom. The normalized spacial score (nSPS) is 28.2. The summed E-state index contributed by atoms with van der Waals surface area (Å²) >= 11 is 6.23. The molecule has 0 saturated carbocycles. The summed E-state index contributed by atoms with van der Waals surface area (Å²) in [7, 11) is 1.32. The molecule has 2 aliphatic heterocycles. The zero-order valence-electron chi connectivity index (χ0n) is 14.1. The van der Waals surface area contributed by atoms with Gasteiger partial charge < -0.3 is 20.1 Å².